The summed E-state index contributed by atoms with van der Waals surface area (Å²) in [6.07, 6.45) is 0.984. The van der Waals surface area contributed by atoms with Crippen molar-refractivity contribution >= 4 is 11.9 Å². The van der Waals surface area contributed by atoms with Gasteiger partial charge in [-0.05, 0) is 36.3 Å². The number of aliphatic carboxylic acids is 1. The molecule has 126 valence electrons. The number of carbonyl (C=O) groups excluding carboxylic acids is 1. The highest BCUT2D eigenvalue weighted by Crippen LogP contribution is 2.28. The van der Waals surface area contributed by atoms with Gasteiger partial charge in [-0.1, -0.05) is 45.0 Å². The summed E-state index contributed by atoms with van der Waals surface area (Å²) in [6.45, 7) is 8.77. The Hall–Kier alpha value is -1.84. The van der Waals surface area contributed by atoms with Crippen LogP contribution in [0.5, 0.6) is 0 Å². The van der Waals surface area contributed by atoms with Crippen LogP contribution in [0.1, 0.15) is 63.5 Å². The van der Waals surface area contributed by atoms with Crippen molar-refractivity contribution in [2.75, 3.05) is 6.54 Å². The number of benzene rings is 1. The first-order valence-corrected chi connectivity index (χ1v) is 8.43. The van der Waals surface area contributed by atoms with Crippen LogP contribution in [-0.2, 0) is 9.59 Å². The Morgan fingerprint density at radius 2 is 1.74 bits per heavy atom. The Labute approximate surface area is 138 Å². The highest BCUT2D eigenvalue weighted by atomic mass is 16.4. The zero-order chi connectivity index (χ0) is 17.1. The van der Waals surface area contributed by atoms with Crippen molar-refractivity contribution in [2.45, 2.75) is 58.4 Å². The molecule has 1 amide bonds. The molecule has 23 heavy (non-hydrogen) atoms. The van der Waals surface area contributed by atoms with E-state index in [1.807, 2.05) is 6.92 Å². The average molecular weight is 317 g/mol. The maximum atomic E-state index is 12.5. The second kappa shape index (κ2) is 7.16. The SMILES string of the molecule is CC(C)c1ccc(C(C)CC(=O)N2CCC(C(=O)O)C2C)cc1. The number of carboxylic acids is 1. The Kier molecular flexibility index (Phi) is 5.45. The number of likely N-dealkylation sites (tertiary alicyclic amines) is 1. The lowest BCUT2D eigenvalue weighted by Crippen LogP contribution is -2.38. The summed E-state index contributed by atoms with van der Waals surface area (Å²) in [4.78, 5) is 25.4. The predicted octanol–water partition coefficient (Wildman–Crippen LogP) is 3.63. The number of nitrogens with zero attached hydrogens (tertiary/aromatic N) is 1. The summed E-state index contributed by atoms with van der Waals surface area (Å²) < 4.78 is 0. The highest BCUT2D eigenvalue weighted by Gasteiger charge is 2.38. The molecule has 0 radical (unpaired) electrons. The number of amides is 1. The molecule has 0 aliphatic carbocycles. The molecule has 1 saturated heterocycles. The van der Waals surface area contributed by atoms with E-state index in [0.29, 0.717) is 25.3 Å². The van der Waals surface area contributed by atoms with Gasteiger partial charge in [0.25, 0.3) is 0 Å². The van der Waals surface area contributed by atoms with Crippen molar-refractivity contribution in [3.63, 3.8) is 0 Å². The van der Waals surface area contributed by atoms with E-state index < -0.39 is 11.9 Å². The van der Waals surface area contributed by atoms with Crippen molar-refractivity contribution in [3.8, 4) is 0 Å². The van der Waals surface area contributed by atoms with Gasteiger partial charge in [-0.2, -0.15) is 0 Å². The third-order valence-corrected chi connectivity index (χ3v) is 5.05. The van der Waals surface area contributed by atoms with E-state index in [1.54, 1.807) is 4.90 Å². The lowest BCUT2D eigenvalue weighted by atomic mass is 9.94. The molecule has 1 aromatic rings. The topological polar surface area (TPSA) is 57.6 Å². The summed E-state index contributed by atoms with van der Waals surface area (Å²) in [5.41, 5.74) is 2.45. The zero-order valence-corrected chi connectivity index (χ0v) is 14.5. The summed E-state index contributed by atoms with van der Waals surface area (Å²) in [5.74, 6) is -0.537. The summed E-state index contributed by atoms with van der Waals surface area (Å²) in [5, 5.41) is 9.18. The van der Waals surface area contributed by atoms with Gasteiger partial charge in [-0.3, -0.25) is 9.59 Å². The van der Waals surface area contributed by atoms with E-state index in [1.165, 1.54) is 5.56 Å². The predicted molar refractivity (Wildman–Crippen MR) is 90.5 cm³/mol. The van der Waals surface area contributed by atoms with E-state index in [9.17, 15) is 14.7 Å². The minimum Gasteiger partial charge on any atom is -0.481 e. The van der Waals surface area contributed by atoms with Crippen molar-refractivity contribution in [1.29, 1.82) is 0 Å². The maximum absolute atomic E-state index is 12.5. The Morgan fingerprint density at radius 1 is 1.17 bits per heavy atom. The number of carbonyl (C=O) groups is 2. The van der Waals surface area contributed by atoms with E-state index in [4.69, 9.17) is 0 Å². The largest absolute Gasteiger partial charge is 0.481 e. The monoisotopic (exact) mass is 317 g/mol. The fourth-order valence-corrected chi connectivity index (χ4v) is 3.33. The van der Waals surface area contributed by atoms with Crippen LogP contribution in [-0.4, -0.2) is 34.5 Å². The first kappa shape index (κ1) is 17.5. The van der Waals surface area contributed by atoms with Gasteiger partial charge >= 0.3 is 5.97 Å². The molecular formula is C19H27NO3. The van der Waals surface area contributed by atoms with Crippen LogP contribution in [0.25, 0.3) is 0 Å². The van der Waals surface area contributed by atoms with Crippen LogP contribution < -0.4 is 0 Å². The molecule has 1 heterocycles. The van der Waals surface area contributed by atoms with Crippen LogP contribution in [0.2, 0.25) is 0 Å². The van der Waals surface area contributed by atoms with Gasteiger partial charge in [0, 0.05) is 19.0 Å². The van der Waals surface area contributed by atoms with Crippen LogP contribution in [0.4, 0.5) is 0 Å². The van der Waals surface area contributed by atoms with Crippen molar-refractivity contribution < 1.29 is 14.7 Å². The molecule has 4 heteroatoms. The van der Waals surface area contributed by atoms with E-state index in [0.717, 1.165) is 5.56 Å². The van der Waals surface area contributed by atoms with Crippen molar-refractivity contribution in [2.24, 2.45) is 5.92 Å². The van der Waals surface area contributed by atoms with Crippen LogP contribution in [0, 0.1) is 5.92 Å². The fraction of sp³-hybridized carbons (Fsp3) is 0.579. The standard InChI is InChI=1S/C19H27NO3/c1-12(2)15-5-7-16(8-6-15)13(3)11-18(21)20-10-9-17(14(20)4)19(22)23/h5-8,12-14,17H,9-11H2,1-4H3,(H,22,23). The molecule has 0 aromatic heterocycles. The first-order chi connectivity index (χ1) is 10.8. The minimum absolute atomic E-state index is 0.0571. The minimum atomic E-state index is -0.801. The Bertz CT molecular complexity index is 564. The molecule has 1 aliphatic heterocycles. The van der Waals surface area contributed by atoms with Crippen LogP contribution in [0.15, 0.2) is 24.3 Å². The van der Waals surface area contributed by atoms with Gasteiger partial charge < -0.3 is 10.0 Å². The van der Waals surface area contributed by atoms with Gasteiger partial charge in [-0.15, -0.1) is 0 Å². The summed E-state index contributed by atoms with van der Waals surface area (Å²) >= 11 is 0. The third kappa shape index (κ3) is 3.92. The van der Waals surface area contributed by atoms with Gasteiger partial charge in [0.05, 0.1) is 5.92 Å². The van der Waals surface area contributed by atoms with Gasteiger partial charge in [0.2, 0.25) is 5.91 Å². The lowest BCUT2D eigenvalue weighted by molar-refractivity contribution is -0.143. The second-order valence-corrected chi connectivity index (χ2v) is 6.99. The normalized spacial score (nSPS) is 22.4. The van der Waals surface area contributed by atoms with Gasteiger partial charge in [0.15, 0.2) is 0 Å². The summed E-state index contributed by atoms with van der Waals surface area (Å²) in [6, 6.07) is 8.23. The van der Waals surface area contributed by atoms with Crippen molar-refractivity contribution in [3.05, 3.63) is 35.4 Å². The van der Waals surface area contributed by atoms with Crippen molar-refractivity contribution in [1.82, 2.24) is 4.90 Å². The van der Waals surface area contributed by atoms with E-state index >= 15 is 0 Å². The second-order valence-electron chi connectivity index (χ2n) is 6.99. The number of hydrogen-bond acceptors (Lipinski definition) is 2. The molecule has 1 aromatic carbocycles. The molecule has 0 saturated carbocycles. The average Bonchev–Trinajstić information content (AvgIpc) is 2.89. The third-order valence-electron chi connectivity index (χ3n) is 5.05. The molecule has 2 rings (SSSR count). The molecule has 4 nitrogen and oxygen atoms in total. The number of rotatable bonds is 5. The molecule has 1 N–H and O–H groups in total. The number of hydrogen-bond donors (Lipinski definition) is 1. The van der Waals surface area contributed by atoms with E-state index in [-0.39, 0.29) is 17.9 Å². The molecule has 1 aliphatic rings. The molecular weight excluding hydrogens is 290 g/mol. The fourth-order valence-electron chi connectivity index (χ4n) is 3.33. The van der Waals surface area contributed by atoms with E-state index in [2.05, 4.69) is 45.0 Å². The molecule has 1 fully saturated rings. The maximum Gasteiger partial charge on any atom is 0.308 e. The lowest BCUT2D eigenvalue weighted by Gasteiger charge is -2.25. The highest BCUT2D eigenvalue weighted by molar-refractivity contribution is 5.80. The Morgan fingerprint density at radius 3 is 2.22 bits per heavy atom. The van der Waals surface area contributed by atoms with Crippen LogP contribution in [0.3, 0.4) is 0 Å². The first-order valence-electron chi connectivity index (χ1n) is 8.43. The Balaban J connectivity index is 1.98. The number of carboxylic acid groups (broad SMARTS) is 1. The summed E-state index contributed by atoms with van der Waals surface area (Å²) in [7, 11) is 0. The molecule has 0 spiro atoms. The molecule has 0 bridgehead atoms. The van der Waals surface area contributed by atoms with Gasteiger partial charge in [-0.25, -0.2) is 0 Å². The van der Waals surface area contributed by atoms with Gasteiger partial charge in [0.1, 0.15) is 0 Å². The van der Waals surface area contributed by atoms with Crippen LogP contribution >= 0.6 is 0 Å². The molecule has 3 atom stereocenters. The zero-order valence-electron chi connectivity index (χ0n) is 14.5. The smallest absolute Gasteiger partial charge is 0.308 e. The quantitative estimate of drug-likeness (QED) is 0.902. The molecule has 3 unspecified atom stereocenters.